The van der Waals surface area contributed by atoms with Crippen molar-refractivity contribution in [2.75, 3.05) is 61.3 Å². The summed E-state index contributed by atoms with van der Waals surface area (Å²) >= 11 is 0. The molecular weight excluding hydrogens is 484 g/mol. The van der Waals surface area contributed by atoms with Gasteiger partial charge in [0.05, 0.1) is 5.69 Å². The van der Waals surface area contributed by atoms with Crippen molar-refractivity contribution in [2.24, 2.45) is 0 Å². The summed E-state index contributed by atoms with van der Waals surface area (Å²) < 4.78 is 5.95. The van der Waals surface area contributed by atoms with Crippen molar-refractivity contribution >= 4 is 28.8 Å². The predicted molar refractivity (Wildman–Crippen MR) is 164 cm³/mol. The lowest BCUT2D eigenvalue weighted by Crippen LogP contribution is -2.24. The summed E-state index contributed by atoms with van der Waals surface area (Å²) in [6, 6.07) is 31.3. The fraction of sp³-hybridized carbons (Fsp3) is 0.242. The van der Waals surface area contributed by atoms with Crippen LogP contribution in [0, 0.1) is 6.07 Å². The van der Waals surface area contributed by atoms with Crippen molar-refractivity contribution in [3.8, 4) is 28.0 Å². The normalized spacial score (nSPS) is 10.6. The molecule has 0 bridgehead atoms. The molecule has 0 spiro atoms. The molecule has 0 unspecified atom stereocenters. The van der Waals surface area contributed by atoms with E-state index >= 15 is 0 Å². The molecule has 4 aromatic carbocycles. The van der Waals surface area contributed by atoms with E-state index in [9.17, 15) is 4.79 Å². The van der Waals surface area contributed by atoms with Gasteiger partial charge >= 0.3 is 6.09 Å². The lowest BCUT2D eigenvalue weighted by atomic mass is 9.93. The number of carbonyl (C=O) groups is 1. The Morgan fingerprint density at radius 2 is 1.31 bits per heavy atom. The molecule has 201 valence electrons. The van der Waals surface area contributed by atoms with Crippen LogP contribution in [0.1, 0.15) is 13.8 Å². The molecule has 0 aliphatic heterocycles. The minimum absolute atomic E-state index is 0.386. The molecule has 0 saturated carbocycles. The standard InChI is InChI=1S/C33H37N4O2/c1-7-37(8-2)32-29(24-14-18-27(19-15-24)35(3)4)22-23-30(39-33(38)34-26-12-10-9-11-13-26)31(32)25-16-20-28(21-17-25)36(5)6/h9-22H,7-8H2,1-6H3,(H,34,38). The van der Waals surface area contributed by atoms with Gasteiger partial charge in [0.1, 0.15) is 0 Å². The monoisotopic (exact) mass is 521 g/mol. The zero-order valence-corrected chi connectivity index (χ0v) is 23.7. The average molecular weight is 522 g/mol. The summed E-state index contributed by atoms with van der Waals surface area (Å²) in [6.45, 7) is 5.87. The van der Waals surface area contributed by atoms with Crippen LogP contribution in [0.2, 0.25) is 0 Å². The lowest BCUT2D eigenvalue weighted by Gasteiger charge is -2.29. The van der Waals surface area contributed by atoms with Gasteiger partial charge in [-0.1, -0.05) is 42.5 Å². The predicted octanol–water partition coefficient (Wildman–Crippen LogP) is 7.41. The van der Waals surface area contributed by atoms with Crippen molar-refractivity contribution in [1.82, 2.24) is 0 Å². The Bertz CT molecular complexity index is 1380. The number of carbonyl (C=O) groups excluding carboxylic acids is 1. The highest BCUT2D eigenvalue weighted by molar-refractivity contribution is 5.96. The van der Waals surface area contributed by atoms with Crippen molar-refractivity contribution in [2.45, 2.75) is 13.8 Å². The fourth-order valence-electron chi connectivity index (χ4n) is 4.58. The zero-order chi connectivity index (χ0) is 27.9. The summed E-state index contributed by atoms with van der Waals surface area (Å²) in [5.41, 5.74) is 7.79. The quantitative estimate of drug-likeness (QED) is 0.249. The molecule has 0 fully saturated rings. The molecule has 4 aromatic rings. The van der Waals surface area contributed by atoms with E-state index in [4.69, 9.17) is 4.74 Å². The Balaban J connectivity index is 1.89. The molecule has 1 N–H and O–H groups in total. The molecule has 39 heavy (non-hydrogen) atoms. The molecule has 1 radical (unpaired) electrons. The van der Waals surface area contributed by atoms with Gasteiger partial charge in [0.2, 0.25) is 0 Å². The van der Waals surface area contributed by atoms with Crippen molar-refractivity contribution in [3.63, 3.8) is 0 Å². The topological polar surface area (TPSA) is 48.1 Å². The van der Waals surface area contributed by atoms with Crippen LogP contribution in [0.15, 0.2) is 84.9 Å². The molecule has 1 amide bonds. The largest absolute Gasteiger partial charge is 0.417 e. The van der Waals surface area contributed by atoms with Gasteiger partial charge in [-0.05, 0) is 67.4 Å². The minimum atomic E-state index is -0.558. The van der Waals surface area contributed by atoms with E-state index in [2.05, 4.69) is 88.5 Å². The summed E-state index contributed by atoms with van der Waals surface area (Å²) in [6.07, 6.45) is -0.558. The molecule has 0 heterocycles. The number of nitrogens with zero attached hydrogens (tertiary/aromatic N) is 3. The van der Waals surface area contributed by atoms with E-state index in [-0.39, 0.29) is 0 Å². The summed E-state index contributed by atoms with van der Waals surface area (Å²) in [4.78, 5) is 19.5. The van der Waals surface area contributed by atoms with Gasteiger partial charge < -0.3 is 19.4 Å². The van der Waals surface area contributed by atoms with Gasteiger partial charge in [-0.25, -0.2) is 4.79 Å². The second-order valence-electron chi connectivity index (χ2n) is 9.69. The second-order valence-corrected chi connectivity index (χ2v) is 9.69. The van der Waals surface area contributed by atoms with Gasteiger partial charge in [-0.3, -0.25) is 5.32 Å². The number of hydrogen-bond acceptors (Lipinski definition) is 5. The summed E-state index contributed by atoms with van der Waals surface area (Å²) in [5, 5.41) is 2.83. The Hall–Kier alpha value is -4.45. The summed E-state index contributed by atoms with van der Waals surface area (Å²) in [5.74, 6) is 0.386. The molecule has 6 heteroatoms. The van der Waals surface area contributed by atoms with Crippen molar-refractivity contribution < 1.29 is 9.53 Å². The molecule has 0 aromatic heterocycles. The number of rotatable bonds is 9. The maximum Gasteiger partial charge on any atom is 0.417 e. The zero-order valence-electron chi connectivity index (χ0n) is 23.7. The van der Waals surface area contributed by atoms with Crippen molar-refractivity contribution in [3.05, 3.63) is 91.0 Å². The van der Waals surface area contributed by atoms with E-state index < -0.39 is 6.09 Å². The smallest absolute Gasteiger partial charge is 0.409 e. The number of amides is 1. The molecular formula is C33H37N4O2. The number of anilines is 4. The van der Waals surface area contributed by atoms with Gasteiger partial charge in [0.15, 0.2) is 5.75 Å². The highest BCUT2D eigenvalue weighted by atomic mass is 16.6. The summed E-state index contributed by atoms with van der Waals surface area (Å²) in [7, 11) is 8.10. The van der Waals surface area contributed by atoms with Crippen LogP contribution in [0.5, 0.6) is 5.75 Å². The Labute approximate surface area is 232 Å². The van der Waals surface area contributed by atoms with E-state index in [1.54, 1.807) is 0 Å². The van der Waals surface area contributed by atoms with Gasteiger partial charge in [0, 0.05) is 75.5 Å². The third kappa shape index (κ3) is 6.34. The van der Waals surface area contributed by atoms with Crippen LogP contribution < -0.4 is 24.8 Å². The SMILES string of the molecule is CCN(CC)c1c(-c2ccc(N(C)C)cc2)c[c]c(OC(=O)Nc2ccccc2)c1-c1ccc(N(C)C)cc1. The van der Waals surface area contributed by atoms with E-state index in [0.29, 0.717) is 11.4 Å². The fourth-order valence-corrected chi connectivity index (χ4v) is 4.58. The molecule has 0 aliphatic rings. The third-order valence-corrected chi connectivity index (χ3v) is 6.73. The first-order valence-corrected chi connectivity index (χ1v) is 13.2. The first-order valence-electron chi connectivity index (χ1n) is 13.2. The molecule has 0 saturated heterocycles. The number of ether oxygens (including phenoxy) is 1. The Morgan fingerprint density at radius 3 is 1.82 bits per heavy atom. The number of hydrogen-bond donors (Lipinski definition) is 1. The number of nitrogens with one attached hydrogen (secondary N) is 1. The van der Waals surface area contributed by atoms with Gasteiger partial charge in [-0.2, -0.15) is 0 Å². The van der Waals surface area contributed by atoms with Crippen LogP contribution >= 0.6 is 0 Å². The van der Waals surface area contributed by atoms with Gasteiger partial charge in [-0.15, -0.1) is 0 Å². The molecule has 0 aliphatic carbocycles. The number of benzene rings is 4. The maximum absolute atomic E-state index is 13.0. The number of para-hydroxylation sites is 1. The van der Waals surface area contributed by atoms with Crippen LogP contribution in [0.25, 0.3) is 22.3 Å². The highest BCUT2D eigenvalue weighted by Crippen LogP contribution is 2.45. The first-order chi connectivity index (χ1) is 18.8. The lowest BCUT2D eigenvalue weighted by molar-refractivity contribution is 0.215. The van der Waals surface area contributed by atoms with Gasteiger partial charge in [0.25, 0.3) is 0 Å². The van der Waals surface area contributed by atoms with Crippen molar-refractivity contribution in [1.29, 1.82) is 0 Å². The van der Waals surface area contributed by atoms with E-state index in [1.807, 2.05) is 64.6 Å². The molecule has 6 nitrogen and oxygen atoms in total. The van der Waals surface area contributed by atoms with Crippen LogP contribution in [-0.4, -0.2) is 47.4 Å². The Kier molecular flexibility index (Phi) is 8.77. The van der Waals surface area contributed by atoms with E-state index in [1.165, 1.54) is 0 Å². The first kappa shape index (κ1) is 27.6. The van der Waals surface area contributed by atoms with Crippen LogP contribution in [-0.2, 0) is 0 Å². The average Bonchev–Trinajstić information content (AvgIpc) is 2.94. The molecule has 0 atom stereocenters. The molecule has 4 rings (SSSR count). The van der Waals surface area contributed by atoms with E-state index in [0.717, 1.165) is 52.4 Å². The minimum Gasteiger partial charge on any atom is -0.409 e. The third-order valence-electron chi connectivity index (χ3n) is 6.73. The maximum atomic E-state index is 13.0. The highest BCUT2D eigenvalue weighted by Gasteiger charge is 2.23. The van der Waals surface area contributed by atoms with Crippen LogP contribution in [0.4, 0.5) is 27.5 Å². The van der Waals surface area contributed by atoms with Crippen LogP contribution in [0.3, 0.4) is 0 Å². The Morgan fingerprint density at radius 1 is 0.769 bits per heavy atom. The second kappa shape index (κ2) is 12.4.